The first-order chi connectivity index (χ1) is 9.70. The van der Waals surface area contributed by atoms with Gasteiger partial charge in [0, 0.05) is 24.6 Å². The monoisotopic (exact) mass is 277 g/mol. The van der Waals surface area contributed by atoms with Gasteiger partial charge < -0.3 is 0 Å². The van der Waals surface area contributed by atoms with Crippen LogP contribution in [0.5, 0.6) is 0 Å². The van der Waals surface area contributed by atoms with Gasteiger partial charge in [-0.05, 0) is 50.1 Å². The van der Waals surface area contributed by atoms with Crippen LogP contribution < -0.4 is 0 Å². The molecule has 1 heterocycles. The zero-order valence-corrected chi connectivity index (χ0v) is 12.3. The van der Waals surface area contributed by atoms with E-state index in [1.165, 1.54) is 37.8 Å². The highest BCUT2D eigenvalue weighted by Crippen LogP contribution is 2.19. The van der Waals surface area contributed by atoms with Crippen molar-refractivity contribution < 1.29 is 9.18 Å². The van der Waals surface area contributed by atoms with E-state index in [9.17, 15) is 9.18 Å². The van der Waals surface area contributed by atoms with Crippen molar-refractivity contribution in [2.24, 2.45) is 0 Å². The zero-order valence-electron chi connectivity index (χ0n) is 12.3. The van der Waals surface area contributed by atoms with Gasteiger partial charge in [0.2, 0.25) is 0 Å². The largest absolute Gasteiger partial charge is 0.300 e. The van der Waals surface area contributed by atoms with Gasteiger partial charge >= 0.3 is 0 Å². The molecule has 1 atom stereocenters. The molecule has 2 rings (SSSR count). The Morgan fingerprint density at radius 1 is 1.25 bits per heavy atom. The predicted octanol–water partition coefficient (Wildman–Crippen LogP) is 4.05. The molecule has 0 radical (unpaired) electrons. The van der Waals surface area contributed by atoms with E-state index in [0.29, 0.717) is 18.0 Å². The van der Waals surface area contributed by atoms with E-state index in [0.717, 1.165) is 19.5 Å². The van der Waals surface area contributed by atoms with Crippen molar-refractivity contribution in [1.82, 2.24) is 4.90 Å². The summed E-state index contributed by atoms with van der Waals surface area (Å²) in [4.78, 5) is 14.6. The molecule has 0 spiro atoms. The first-order valence-corrected chi connectivity index (χ1v) is 7.73. The molecule has 0 amide bonds. The topological polar surface area (TPSA) is 20.3 Å². The number of rotatable bonds is 5. The van der Waals surface area contributed by atoms with Crippen LogP contribution in [0.2, 0.25) is 0 Å². The van der Waals surface area contributed by atoms with Crippen LogP contribution in [0.15, 0.2) is 24.3 Å². The number of carbonyl (C=O) groups excluding carboxylic acids is 1. The number of likely N-dealkylation sites (tertiary alicyclic amines) is 1. The molecule has 0 saturated carbocycles. The lowest BCUT2D eigenvalue weighted by Crippen LogP contribution is -2.36. The van der Waals surface area contributed by atoms with Gasteiger partial charge in [-0.2, -0.15) is 0 Å². The number of Topliss-reactive ketones (excluding diaryl/α,β-unsaturated/α-hetero) is 1. The molecule has 1 aliphatic heterocycles. The maximum atomic E-state index is 12.8. The van der Waals surface area contributed by atoms with E-state index in [2.05, 4.69) is 11.8 Å². The third kappa shape index (κ3) is 4.14. The Kier molecular flexibility index (Phi) is 5.72. The molecule has 20 heavy (non-hydrogen) atoms. The Morgan fingerprint density at radius 3 is 2.70 bits per heavy atom. The minimum absolute atomic E-state index is 0.115. The van der Waals surface area contributed by atoms with Crippen molar-refractivity contribution in [3.8, 4) is 0 Å². The lowest BCUT2D eigenvalue weighted by Gasteiger charge is -2.28. The van der Waals surface area contributed by atoms with Crippen molar-refractivity contribution in [2.45, 2.75) is 51.5 Å². The Labute approximate surface area is 121 Å². The smallest absolute Gasteiger partial charge is 0.164 e. The summed E-state index contributed by atoms with van der Waals surface area (Å²) in [6.45, 7) is 4.16. The van der Waals surface area contributed by atoms with Crippen molar-refractivity contribution in [3.63, 3.8) is 0 Å². The molecule has 1 aromatic rings. The van der Waals surface area contributed by atoms with E-state index in [4.69, 9.17) is 0 Å². The number of benzene rings is 1. The average Bonchev–Trinajstić information content (AvgIpc) is 2.70. The quantitative estimate of drug-likeness (QED) is 0.757. The fourth-order valence-corrected chi connectivity index (χ4v) is 3.02. The second-order valence-corrected chi connectivity index (χ2v) is 5.63. The summed E-state index contributed by atoms with van der Waals surface area (Å²) in [6.07, 6.45) is 6.79. The molecule has 0 aliphatic carbocycles. The van der Waals surface area contributed by atoms with Crippen LogP contribution in [-0.2, 0) is 0 Å². The van der Waals surface area contributed by atoms with Crippen molar-refractivity contribution >= 4 is 5.78 Å². The molecule has 3 heteroatoms. The molecule has 0 aromatic heterocycles. The van der Waals surface area contributed by atoms with Crippen molar-refractivity contribution in [2.75, 3.05) is 13.1 Å². The fraction of sp³-hybridized carbons (Fsp3) is 0.588. The lowest BCUT2D eigenvalue weighted by atomic mass is 10.1. The number of ketones is 1. The van der Waals surface area contributed by atoms with Crippen LogP contribution in [0.1, 0.15) is 55.8 Å². The summed E-state index contributed by atoms with van der Waals surface area (Å²) >= 11 is 0. The van der Waals surface area contributed by atoms with Crippen molar-refractivity contribution in [1.29, 1.82) is 0 Å². The molecule has 1 aromatic carbocycles. The van der Waals surface area contributed by atoms with Gasteiger partial charge in [-0.25, -0.2) is 4.39 Å². The van der Waals surface area contributed by atoms with Crippen molar-refractivity contribution in [3.05, 3.63) is 35.6 Å². The highest BCUT2D eigenvalue weighted by Gasteiger charge is 2.20. The van der Waals surface area contributed by atoms with Gasteiger partial charge in [0.25, 0.3) is 0 Å². The molecule has 0 N–H and O–H groups in total. The third-order valence-electron chi connectivity index (χ3n) is 4.26. The Hall–Kier alpha value is -1.22. The van der Waals surface area contributed by atoms with Gasteiger partial charge in [-0.15, -0.1) is 0 Å². The molecule has 2 nitrogen and oxygen atoms in total. The van der Waals surface area contributed by atoms with E-state index in [1.54, 1.807) is 12.1 Å². The van der Waals surface area contributed by atoms with E-state index in [1.807, 2.05) is 0 Å². The van der Waals surface area contributed by atoms with Gasteiger partial charge in [0.15, 0.2) is 5.78 Å². The number of hydrogen-bond acceptors (Lipinski definition) is 2. The van der Waals surface area contributed by atoms with E-state index in [-0.39, 0.29) is 11.6 Å². The SMILES string of the molecule is CCC1CCCCCN1CCC(=O)c1ccc(F)cc1. The minimum Gasteiger partial charge on any atom is -0.300 e. The molecule has 1 aliphatic rings. The zero-order chi connectivity index (χ0) is 14.4. The minimum atomic E-state index is -0.292. The van der Waals surface area contributed by atoms with E-state index < -0.39 is 0 Å². The second-order valence-electron chi connectivity index (χ2n) is 5.63. The summed E-state index contributed by atoms with van der Waals surface area (Å²) in [6, 6.07) is 6.50. The lowest BCUT2D eigenvalue weighted by molar-refractivity contribution is 0.0949. The molecule has 1 fully saturated rings. The van der Waals surface area contributed by atoms with Crippen LogP contribution in [0.25, 0.3) is 0 Å². The summed E-state index contributed by atoms with van der Waals surface area (Å²) in [5.41, 5.74) is 0.620. The number of hydrogen-bond donors (Lipinski definition) is 0. The molecular formula is C17H24FNO. The second kappa shape index (κ2) is 7.53. The fourth-order valence-electron chi connectivity index (χ4n) is 3.02. The summed E-state index contributed by atoms with van der Waals surface area (Å²) < 4.78 is 12.8. The normalized spacial score (nSPS) is 20.6. The molecular weight excluding hydrogens is 253 g/mol. The van der Waals surface area contributed by atoms with Gasteiger partial charge in [0.1, 0.15) is 5.82 Å². The average molecular weight is 277 g/mol. The maximum absolute atomic E-state index is 12.8. The van der Waals surface area contributed by atoms with E-state index >= 15 is 0 Å². The summed E-state index contributed by atoms with van der Waals surface area (Å²) in [5.74, 6) is -0.177. The Balaban J connectivity index is 1.89. The maximum Gasteiger partial charge on any atom is 0.164 e. The van der Waals surface area contributed by atoms with Gasteiger partial charge in [-0.1, -0.05) is 19.8 Å². The molecule has 1 unspecified atom stereocenters. The summed E-state index contributed by atoms with van der Waals surface area (Å²) in [7, 11) is 0. The van der Waals surface area contributed by atoms with Crippen LogP contribution >= 0.6 is 0 Å². The summed E-state index contributed by atoms with van der Waals surface area (Å²) in [5, 5.41) is 0. The number of carbonyl (C=O) groups is 1. The molecule has 1 saturated heterocycles. The van der Waals surface area contributed by atoms with Crippen LogP contribution in [-0.4, -0.2) is 29.8 Å². The molecule has 110 valence electrons. The standard InChI is InChI=1S/C17H24FNO/c1-2-16-6-4-3-5-12-19(16)13-11-17(20)14-7-9-15(18)10-8-14/h7-10,16H,2-6,11-13H2,1H3. The Bertz CT molecular complexity index is 429. The van der Waals surface area contributed by atoms with Crippen LogP contribution in [0, 0.1) is 5.82 Å². The highest BCUT2D eigenvalue weighted by molar-refractivity contribution is 5.96. The van der Waals surface area contributed by atoms with Gasteiger partial charge in [0.05, 0.1) is 0 Å². The predicted molar refractivity (Wildman–Crippen MR) is 79.5 cm³/mol. The number of nitrogens with zero attached hydrogens (tertiary/aromatic N) is 1. The van der Waals surface area contributed by atoms with Crippen LogP contribution in [0.4, 0.5) is 4.39 Å². The third-order valence-corrected chi connectivity index (χ3v) is 4.26. The van der Waals surface area contributed by atoms with Gasteiger partial charge in [-0.3, -0.25) is 9.69 Å². The molecule has 0 bridgehead atoms. The first-order valence-electron chi connectivity index (χ1n) is 7.73. The van der Waals surface area contributed by atoms with Crippen LogP contribution in [0.3, 0.4) is 0 Å². The Morgan fingerprint density at radius 2 is 2.00 bits per heavy atom. The first kappa shape index (κ1) is 15.2. The highest BCUT2D eigenvalue weighted by atomic mass is 19.1. The number of halogens is 1.